The number of halogens is 1. The zero-order chi connectivity index (χ0) is 30.0. The predicted octanol–water partition coefficient (Wildman–Crippen LogP) is 5.71. The first-order valence-corrected chi connectivity index (χ1v) is 15.7. The number of alkyl halides is 1. The average Bonchev–Trinajstić information content (AvgIpc) is 3.77. The lowest BCUT2D eigenvalue weighted by molar-refractivity contribution is -0.203. The van der Waals surface area contributed by atoms with Crippen molar-refractivity contribution < 1.29 is 28.2 Å². The largest absolute Gasteiger partial charge is 0.372 e. The number of fused-ring (bicyclic) bond motifs is 12. The topological polar surface area (TPSA) is 74.9 Å². The smallest absolute Gasteiger partial charge is 0.261 e. The van der Waals surface area contributed by atoms with Crippen LogP contribution in [-0.2, 0) is 36.9 Å². The van der Waals surface area contributed by atoms with E-state index in [2.05, 4.69) is 4.57 Å². The van der Waals surface area contributed by atoms with Crippen molar-refractivity contribution >= 4 is 44.8 Å². The fourth-order valence-electron chi connectivity index (χ4n) is 7.65. The Morgan fingerprint density at radius 3 is 2.11 bits per heavy atom. The van der Waals surface area contributed by atoms with Crippen LogP contribution in [0.25, 0.3) is 33.0 Å². The fourth-order valence-corrected chi connectivity index (χ4v) is 7.65. The molecule has 4 aromatic rings. The second-order valence-corrected chi connectivity index (χ2v) is 12.5. The molecule has 228 valence electrons. The summed E-state index contributed by atoms with van der Waals surface area (Å²) in [6.45, 7) is 1.25. The Morgan fingerprint density at radius 1 is 0.818 bits per heavy atom. The Labute approximate surface area is 255 Å². The van der Waals surface area contributed by atoms with E-state index in [-0.39, 0.29) is 18.4 Å². The van der Waals surface area contributed by atoms with E-state index in [1.165, 1.54) is 11.9 Å². The highest BCUT2D eigenvalue weighted by molar-refractivity contribution is 6.50. The molecule has 3 aliphatic heterocycles. The normalized spacial score (nSPS) is 26.0. The Balaban J connectivity index is 1.27. The number of nitrogens with zero attached hydrogens (tertiary/aromatic N) is 3. The minimum atomic E-state index is -1.40. The molecule has 1 saturated heterocycles. The zero-order valence-electron chi connectivity index (χ0n) is 24.8. The first kappa shape index (κ1) is 27.7. The molecular formula is C35H36FN3O5. The Hall–Kier alpha value is -3.79. The van der Waals surface area contributed by atoms with Gasteiger partial charge >= 0.3 is 0 Å². The number of carbonyl (C=O) groups is 2. The molecule has 1 saturated carbocycles. The van der Waals surface area contributed by atoms with Gasteiger partial charge in [0, 0.05) is 78.4 Å². The minimum Gasteiger partial charge on any atom is -0.372 e. The summed E-state index contributed by atoms with van der Waals surface area (Å²) in [6, 6.07) is 15.6. The van der Waals surface area contributed by atoms with Gasteiger partial charge in [-0.05, 0) is 31.4 Å². The molecule has 4 aliphatic rings. The van der Waals surface area contributed by atoms with Gasteiger partial charge in [-0.15, -0.1) is 0 Å². The van der Waals surface area contributed by atoms with Crippen LogP contribution < -0.4 is 0 Å². The number of likely N-dealkylation sites (N-methyl/N-ethyl adjacent to an activating group) is 1. The van der Waals surface area contributed by atoms with Gasteiger partial charge in [-0.25, -0.2) is 4.39 Å². The molecule has 5 heterocycles. The number of aryl methyl sites for hydroxylation is 1. The van der Waals surface area contributed by atoms with Crippen LogP contribution >= 0.6 is 0 Å². The van der Waals surface area contributed by atoms with Gasteiger partial charge in [0.25, 0.3) is 11.8 Å². The molecule has 0 radical (unpaired) electrons. The second-order valence-electron chi connectivity index (χ2n) is 12.5. The van der Waals surface area contributed by atoms with Crippen molar-refractivity contribution in [2.75, 3.05) is 20.3 Å². The van der Waals surface area contributed by atoms with Crippen LogP contribution in [0.15, 0.2) is 60.9 Å². The Bertz CT molecular complexity index is 1820. The molecule has 2 aromatic heterocycles. The van der Waals surface area contributed by atoms with Crippen molar-refractivity contribution in [3.05, 3.63) is 72.1 Å². The van der Waals surface area contributed by atoms with Gasteiger partial charge in [-0.3, -0.25) is 14.5 Å². The summed E-state index contributed by atoms with van der Waals surface area (Å²) in [6.07, 6.45) is 6.57. The summed E-state index contributed by atoms with van der Waals surface area (Å²) in [7, 11) is 1.52. The van der Waals surface area contributed by atoms with Gasteiger partial charge in [-0.1, -0.05) is 42.8 Å². The molecule has 0 unspecified atom stereocenters. The number of hydrogen-bond acceptors (Lipinski definition) is 5. The minimum absolute atomic E-state index is 0.0102. The van der Waals surface area contributed by atoms with E-state index in [0.29, 0.717) is 42.9 Å². The molecule has 3 atom stereocenters. The van der Waals surface area contributed by atoms with Gasteiger partial charge < -0.3 is 23.3 Å². The van der Waals surface area contributed by atoms with E-state index in [9.17, 15) is 9.59 Å². The summed E-state index contributed by atoms with van der Waals surface area (Å²) >= 11 is 0. The van der Waals surface area contributed by atoms with E-state index in [1.54, 1.807) is 0 Å². The highest BCUT2D eigenvalue weighted by atomic mass is 19.1. The van der Waals surface area contributed by atoms with Crippen molar-refractivity contribution in [3.63, 3.8) is 0 Å². The summed E-state index contributed by atoms with van der Waals surface area (Å²) in [4.78, 5) is 28.7. The van der Waals surface area contributed by atoms with Crippen LogP contribution in [0.3, 0.4) is 0 Å². The zero-order valence-corrected chi connectivity index (χ0v) is 24.8. The first-order chi connectivity index (χ1) is 21.4. The third kappa shape index (κ3) is 4.36. The molecule has 44 heavy (non-hydrogen) atoms. The predicted molar refractivity (Wildman–Crippen MR) is 164 cm³/mol. The highest BCUT2D eigenvalue weighted by Crippen LogP contribution is 2.43. The van der Waals surface area contributed by atoms with Gasteiger partial charge in [0.1, 0.15) is 18.4 Å². The maximum absolute atomic E-state index is 16.6. The summed E-state index contributed by atoms with van der Waals surface area (Å²) in [5.74, 6) is -1.33. The molecule has 1 aliphatic carbocycles. The molecule has 8 nitrogen and oxygen atoms in total. The lowest BCUT2D eigenvalue weighted by atomic mass is 9.94. The Morgan fingerprint density at radius 2 is 1.43 bits per heavy atom. The van der Waals surface area contributed by atoms with Crippen LogP contribution in [0.4, 0.5) is 4.39 Å². The quantitative estimate of drug-likeness (QED) is 0.263. The van der Waals surface area contributed by atoms with Crippen LogP contribution in [0.5, 0.6) is 0 Å². The van der Waals surface area contributed by atoms with Crippen molar-refractivity contribution in [2.45, 2.75) is 75.8 Å². The number of imide groups is 1. The monoisotopic (exact) mass is 597 g/mol. The average molecular weight is 598 g/mol. The summed E-state index contributed by atoms with van der Waals surface area (Å²) in [5, 5.41) is 1.70. The SMILES string of the molecule is CN1C(=O)C2=C(C1=O)c1cn(c3ccccc13)C[C@H](F)[C@@H]([C@H]1COC3(CCCCC3)O1)OCCCn1cc2c2ccccc21. The number of carbonyl (C=O) groups excluding carboxylic acids is 2. The van der Waals surface area contributed by atoms with Crippen molar-refractivity contribution in [1.82, 2.24) is 14.0 Å². The van der Waals surface area contributed by atoms with E-state index in [4.69, 9.17) is 14.2 Å². The molecule has 2 fully saturated rings. The van der Waals surface area contributed by atoms with Gasteiger partial charge in [-0.2, -0.15) is 0 Å². The number of para-hydroxylation sites is 2. The third-order valence-electron chi connectivity index (χ3n) is 9.84. The lowest BCUT2D eigenvalue weighted by Crippen LogP contribution is -2.43. The molecule has 4 bridgehead atoms. The number of hydrogen-bond donors (Lipinski definition) is 0. The standard InChI is InChI=1S/C35H36FN3O5/c1-37-33(40)30-24-18-38(27-12-5-3-10-22(24)27)16-9-17-42-32(29-21-43-35(44-29)14-7-2-8-15-35)26(36)20-39-19-25(31(30)34(37)41)23-11-4-6-13-28(23)39/h3-6,10-13,18-19,26,29,32H,2,7-9,14-17,20-21H2,1H3/t26-,29+,32-/m0/s1. The number of benzene rings is 2. The van der Waals surface area contributed by atoms with Crippen LogP contribution in [0.1, 0.15) is 49.7 Å². The third-order valence-corrected chi connectivity index (χ3v) is 9.84. The van der Waals surface area contributed by atoms with E-state index < -0.39 is 24.2 Å². The molecule has 2 aromatic carbocycles. The molecule has 2 amide bonds. The first-order valence-electron chi connectivity index (χ1n) is 15.7. The lowest BCUT2D eigenvalue weighted by Gasteiger charge is -2.33. The van der Waals surface area contributed by atoms with Crippen LogP contribution in [0.2, 0.25) is 0 Å². The van der Waals surface area contributed by atoms with Gasteiger partial charge in [0.15, 0.2) is 5.79 Å². The van der Waals surface area contributed by atoms with Gasteiger partial charge in [0.05, 0.1) is 24.3 Å². The maximum Gasteiger partial charge on any atom is 0.261 e. The maximum atomic E-state index is 16.6. The highest BCUT2D eigenvalue weighted by Gasteiger charge is 2.47. The summed E-state index contributed by atoms with van der Waals surface area (Å²) < 4.78 is 39.6. The number of rotatable bonds is 1. The van der Waals surface area contributed by atoms with Crippen molar-refractivity contribution in [3.8, 4) is 0 Å². The molecule has 8 rings (SSSR count). The van der Waals surface area contributed by atoms with E-state index in [0.717, 1.165) is 59.5 Å². The van der Waals surface area contributed by atoms with Crippen LogP contribution in [0, 0.1) is 0 Å². The molecule has 9 heteroatoms. The van der Waals surface area contributed by atoms with Crippen molar-refractivity contribution in [2.24, 2.45) is 0 Å². The number of ether oxygens (including phenoxy) is 3. The molecule has 1 spiro atoms. The molecular weight excluding hydrogens is 561 g/mol. The van der Waals surface area contributed by atoms with Gasteiger partial charge in [0.2, 0.25) is 0 Å². The fraction of sp³-hybridized carbons (Fsp3) is 0.429. The summed E-state index contributed by atoms with van der Waals surface area (Å²) in [5.41, 5.74) is 3.82. The van der Waals surface area contributed by atoms with E-state index in [1.807, 2.05) is 65.5 Å². The molecule has 0 N–H and O–H groups in total. The van der Waals surface area contributed by atoms with E-state index >= 15 is 4.39 Å². The Kier molecular flexibility index (Phi) is 6.73. The van der Waals surface area contributed by atoms with Crippen LogP contribution in [-0.4, -0.2) is 70.3 Å². The number of aromatic nitrogens is 2. The second kappa shape index (κ2) is 10.7. The number of amides is 2. The van der Waals surface area contributed by atoms with Crippen molar-refractivity contribution in [1.29, 1.82) is 0 Å².